The first kappa shape index (κ1) is 20.5. The van der Waals surface area contributed by atoms with Crippen LogP contribution < -0.4 is 10.9 Å². The van der Waals surface area contributed by atoms with Crippen LogP contribution in [0.1, 0.15) is 36.0 Å². The summed E-state index contributed by atoms with van der Waals surface area (Å²) < 4.78 is 19.0. The first-order valence-electron chi connectivity index (χ1n) is 10.8. The van der Waals surface area contributed by atoms with Gasteiger partial charge in [0.05, 0.1) is 12.6 Å². The lowest BCUT2D eigenvalue weighted by molar-refractivity contribution is 0.135. The van der Waals surface area contributed by atoms with Gasteiger partial charge in [-0.1, -0.05) is 12.1 Å². The van der Waals surface area contributed by atoms with Gasteiger partial charge in [0.1, 0.15) is 17.3 Å². The van der Waals surface area contributed by atoms with Crippen LogP contribution in [0.25, 0.3) is 0 Å². The number of hydrazine groups is 1. The molecule has 0 radical (unpaired) electrons. The first-order valence-corrected chi connectivity index (χ1v) is 10.8. The van der Waals surface area contributed by atoms with E-state index in [2.05, 4.69) is 33.8 Å². The molecule has 0 spiro atoms. The highest BCUT2D eigenvalue weighted by molar-refractivity contribution is 5.21. The van der Waals surface area contributed by atoms with Crippen molar-refractivity contribution in [1.29, 1.82) is 0 Å². The van der Waals surface area contributed by atoms with E-state index in [0.29, 0.717) is 5.92 Å². The number of nitrogens with zero attached hydrogens (tertiary/aromatic N) is 2. The minimum atomic E-state index is -0.179. The number of benzene rings is 1. The molecule has 2 aromatic rings. The number of rotatable bonds is 7. The second-order valence-corrected chi connectivity index (χ2v) is 8.77. The van der Waals surface area contributed by atoms with Crippen LogP contribution in [0, 0.1) is 24.6 Å². The Morgan fingerprint density at radius 1 is 1.10 bits per heavy atom. The smallest absolute Gasteiger partial charge is 0.123 e. The van der Waals surface area contributed by atoms with Gasteiger partial charge in [-0.05, 0) is 75.6 Å². The third-order valence-corrected chi connectivity index (χ3v) is 6.32. The molecule has 5 nitrogen and oxygen atoms in total. The van der Waals surface area contributed by atoms with E-state index in [1.165, 1.54) is 12.8 Å². The lowest BCUT2D eigenvalue weighted by atomic mass is 9.93. The summed E-state index contributed by atoms with van der Waals surface area (Å²) >= 11 is 0. The normalized spacial score (nSPS) is 23.9. The van der Waals surface area contributed by atoms with Gasteiger partial charge in [0, 0.05) is 25.6 Å². The zero-order valence-electron chi connectivity index (χ0n) is 17.5. The maximum absolute atomic E-state index is 13.2. The predicted octanol–water partition coefficient (Wildman–Crippen LogP) is 3.34. The van der Waals surface area contributed by atoms with E-state index >= 15 is 0 Å². The highest BCUT2D eigenvalue weighted by Gasteiger charge is 2.30. The number of hydrogen-bond donors (Lipinski definition) is 2. The van der Waals surface area contributed by atoms with E-state index in [1.54, 1.807) is 12.1 Å². The van der Waals surface area contributed by atoms with E-state index < -0.39 is 0 Å². The number of piperidine rings is 1. The topological polar surface area (TPSA) is 43.7 Å². The fourth-order valence-corrected chi connectivity index (χ4v) is 4.76. The molecule has 2 aliphatic rings. The van der Waals surface area contributed by atoms with Crippen molar-refractivity contribution in [1.82, 2.24) is 20.7 Å². The molecule has 158 valence electrons. The summed E-state index contributed by atoms with van der Waals surface area (Å²) in [5, 5.41) is 0. The van der Waals surface area contributed by atoms with Gasteiger partial charge in [-0.15, -0.1) is 0 Å². The van der Waals surface area contributed by atoms with Crippen molar-refractivity contribution >= 4 is 0 Å². The molecule has 1 aromatic heterocycles. The Kier molecular flexibility index (Phi) is 6.65. The minimum Gasteiger partial charge on any atom is -0.465 e. The molecule has 0 saturated carbocycles. The molecule has 2 aliphatic heterocycles. The molecule has 2 unspecified atom stereocenters. The van der Waals surface area contributed by atoms with E-state index in [1.807, 2.05) is 25.1 Å². The third kappa shape index (κ3) is 5.45. The summed E-state index contributed by atoms with van der Waals surface area (Å²) in [5.41, 5.74) is 7.81. The summed E-state index contributed by atoms with van der Waals surface area (Å²) in [6.07, 6.45) is 2.49. The van der Waals surface area contributed by atoms with Crippen molar-refractivity contribution in [2.75, 3.05) is 39.8 Å². The summed E-state index contributed by atoms with van der Waals surface area (Å²) in [6, 6.07) is 11.3. The molecule has 2 atom stereocenters. The molecule has 1 aromatic carbocycles. The van der Waals surface area contributed by atoms with Crippen molar-refractivity contribution in [2.24, 2.45) is 11.8 Å². The molecular formula is C23H33FN4O. The van der Waals surface area contributed by atoms with Crippen molar-refractivity contribution in [3.05, 3.63) is 59.3 Å². The van der Waals surface area contributed by atoms with Crippen LogP contribution in [0.15, 0.2) is 40.8 Å². The van der Waals surface area contributed by atoms with Gasteiger partial charge in [-0.3, -0.25) is 10.3 Å². The average molecular weight is 401 g/mol. The van der Waals surface area contributed by atoms with E-state index in [4.69, 9.17) is 4.42 Å². The Hall–Kier alpha value is -1.73. The Morgan fingerprint density at radius 2 is 1.86 bits per heavy atom. The highest BCUT2D eigenvalue weighted by atomic mass is 19.1. The number of furan rings is 1. The van der Waals surface area contributed by atoms with Crippen LogP contribution in [0.3, 0.4) is 0 Å². The highest BCUT2D eigenvalue weighted by Crippen LogP contribution is 2.27. The summed E-state index contributed by atoms with van der Waals surface area (Å²) in [6.45, 7) is 8.32. The average Bonchev–Trinajstić information content (AvgIpc) is 3.33. The largest absolute Gasteiger partial charge is 0.465 e. The number of likely N-dealkylation sites (tertiary alicyclic amines) is 1. The number of halogens is 1. The molecule has 2 saturated heterocycles. The van der Waals surface area contributed by atoms with Crippen LogP contribution in [-0.4, -0.2) is 49.6 Å². The van der Waals surface area contributed by atoms with Gasteiger partial charge < -0.3 is 9.32 Å². The maximum Gasteiger partial charge on any atom is 0.123 e. The first-order chi connectivity index (χ1) is 14.1. The molecule has 4 rings (SSSR count). The predicted molar refractivity (Wildman–Crippen MR) is 113 cm³/mol. The molecule has 0 aliphatic carbocycles. The number of hydrogen-bond acceptors (Lipinski definition) is 5. The maximum atomic E-state index is 13.2. The molecular weight excluding hydrogens is 367 g/mol. The minimum absolute atomic E-state index is 0.179. The Bertz CT molecular complexity index is 769. The third-order valence-electron chi connectivity index (χ3n) is 6.32. The van der Waals surface area contributed by atoms with Crippen LogP contribution in [0.4, 0.5) is 4.39 Å². The zero-order chi connectivity index (χ0) is 20.2. The number of nitrogens with one attached hydrogen (secondary N) is 2. The second-order valence-electron chi connectivity index (χ2n) is 8.77. The Morgan fingerprint density at radius 3 is 2.55 bits per heavy atom. The Balaban J connectivity index is 1.22. The van der Waals surface area contributed by atoms with Crippen molar-refractivity contribution in [3.63, 3.8) is 0 Å². The molecule has 6 heteroatoms. The standard InChI is InChI=1S/C23H33FN4O/c1-17-3-8-22(29-17)16-28-11-9-18(10-12-28)14-27(2)15-20-13-25-26-23(20)19-4-6-21(24)7-5-19/h3-8,18,20,23,25-26H,9-16H2,1-2H3. The van der Waals surface area contributed by atoms with Crippen molar-refractivity contribution in [3.8, 4) is 0 Å². The molecule has 2 N–H and O–H groups in total. The van der Waals surface area contributed by atoms with Crippen LogP contribution in [0.2, 0.25) is 0 Å². The van der Waals surface area contributed by atoms with Crippen LogP contribution in [-0.2, 0) is 6.54 Å². The van der Waals surface area contributed by atoms with Crippen LogP contribution in [0.5, 0.6) is 0 Å². The molecule has 29 heavy (non-hydrogen) atoms. The fourth-order valence-electron chi connectivity index (χ4n) is 4.76. The lowest BCUT2D eigenvalue weighted by Gasteiger charge is -2.34. The van der Waals surface area contributed by atoms with E-state index in [9.17, 15) is 4.39 Å². The lowest BCUT2D eigenvalue weighted by Crippen LogP contribution is -2.39. The van der Waals surface area contributed by atoms with E-state index in [-0.39, 0.29) is 11.9 Å². The van der Waals surface area contributed by atoms with E-state index in [0.717, 1.165) is 62.3 Å². The zero-order valence-corrected chi connectivity index (χ0v) is 17.5. The molecule has 2 fully saturated rings. The van der Waals surface area contributed by atoms with Gasteiger partial charge in [0.25, 0.3) is 0 Å². The Labute approximate surface area is 173 Å². The molecule has 0 amide bonds. The van der Waals surface area contributed by atoms with Crippen LogP contribution >= 0.6 is 0 Å². The molecule has 0 bridgehead atoms. The van der Waals surface area contributed by atoms with Gasteiger partial charge in [0.2, 0.25) is 0 Å². The summed E-state index contributed by atoms with van der Waals surface area (Å²) in [7, 11) is 2.23. The van der Waals surface area contributed by atoms with Gasteiger partial charge in [-0.2, -0.15) is 0 Å². The number of aryl methyl sites for hydroxylation is 1. The summed E-state index contributed by atoms with van der Waals surface area (Å²) in [4.78, 5) is 4.98. The van der Waals surface area contributed by atoms with Gasteiger partial charge >= 0.3 is 0 Å². The quantitative estimate of drug-likeness (QED) is 0.746. The SMILES string of the molecule is Cc1ccc(CN2CCC(CN(C)CC3CNNC3c3ccc(F)cc3)CC2)o1. The van der Waals surface area contributed by atoms with Crippen molar-refractivity contribution < 1.29 is 8.81 Å². The summed E-state index contributed by atoms with van der Waals surface area (Å²) in [5.74, 6) is 3.12. The van der Waals surface area contributed by atoms with Gasteiger partial charge in [-0.25, -0.2) is 9.82 Å². The van der Waals surface area contributed by atoms with Gasteiger partial charge in [0.15, 0.2) is 0 Å². The second kappa shape index (κ2) is 9.39. The molecule has 3 heterocycles. The van der Waals surface area contributed by atoms with Crippen molar-refractivity contribution in [2.45, 2.75) is 32.4 Å². The monoisotopic (exact) mass is 400 g/mol. The fraction of sp³-hybridized carbons (Fsp3) is 0.565.